The molecule has 0 spiro atoms. The Morgan fingerprint density at radius 3 is 2.57 bits per heavy atom. The van der Waals surface area contributed by atoms with Crippen molar-refractivity contribution >= 4 is 29.5 Å². The van der Waals surface area contributed by atoms with E-state index in [2.05, 4.69) is 15.6 Å². The molecule has 0 bridgehead atoms. The fourth-order valence-electron chi connectivity index (χ4n) is 2.18. The minimum absolute atomic E-state index is 0.0215. The lowest BCUT2D eigenvalue weighted by Crippen LogP contribution is -2.45. The Labute approximate surface area is 126 Å². The molecule has 2 rings (SSSR count). The van der Waals surface area contributed by atoms with Crippen molar-refractivity contribution < 1.29 is 9.59 Å². The molecule has 1 aliphatic heterocycles. The molecule has 1 fully saturated rings. The van der Waals surface area contributed by atoms with Gasteiger partial charge in [0, 0.05) is 26.1 Å². The second kappa shape index (κ2) is 6.76. The van der Waals surface area contributed by atoms with E-state index in [9.17, 15) is 9.59 Å². The van der Waals surface area contributed by atoms with Crippen LogP contribution in [-0.2, 0) is 16.6 Å². The van der Waals surface area contributed by atoms with Crippen molar-refractivity contribution in [2.75, 3.05) is 24.6 Å². The third-order valence-electron chi connectivity index (χ3n) is 3.55. The molecule has 1 aromatic rings. The second-order valence-corrected chi connectivity index (χ2v) is 5.79. The van der Waals surface area contributed by atoms with Gasteiger partial charge in [-0.25, -0.2) is 5.84 Å². The van der Waals surface area contributed by atoms with Gasteiger partial charge in [-0.1, -0.05) is 11.8 Å². The summed E-state index contributed by atoms with van der Waals surface area (Å²) in [5.41, 5.74) is 7.74. The molecule has 0 aliphatic carbocycles. The first-order chi connectivity index (χ1) is 10.0. The van der Waals surface area contributed by atoms with Gasteiger partial charge in [0.2, 0.25) is 17.8 Å². The van der Waals surface area contributed by atoms with Crippen LogP contribution in [0, 0.1) is 5.92 Å². The number of hydrogen-bond donors (Lipinski definition) is 3. The fraction of sp³-hybridized carbons (Fsp3) is 0.636. The number of rotatable bonds is 4. The number of hydrazine groups is 1. The number of amides is 2. The van der Waals surface area contributed by atoms with Crippen molar-refractivity contribution in [1.82, 2.24) is 25.1 Å². The van der Waals surface area contributed by atoms with Crippen molar-refractivity contribution in [3.8, 4) is 0 Å². The van der Waals surface area contributed by atoms with Gasteiger partial charge >= 0.3 is 0 Å². The lowest BCUT2D eigenvalue weighted by molar-refractivity contribution is -0.133. The highest BCUT2D eigenvalue weighted by molar-refractivity contribution is 7.99. The normalized spacial score (nSPS) is 16.0. The van der Waals surface area contributed by atoms with E-state index >= 15 is 0 Å². The second-order valence-electron chi connectivity index (χ2n) is 4.85. The molecule has 1 aliphatic rings. The SMILES string of the molecule is Cn1c(N)nnc1SCC(=O)N1CCC(C(=O)NN)CC1. The van der Waals surface area contributed by atoms with E-state index in [4.69, 9.17) is 11.6 Å². The van der Waals surface area contributed by atoms with E-state index in [0.717, 1.165) is 0 Å². The zero-order valence-electron chi connectivity index (χ0n) is 11.8. The van der Waals surface area contributed by atoms with Gasteiger partial charge in [-0.2, -0.15) is 0 Å². The Hall–Kier alpha value is -1.81. The fourth-order valence-corrected chi connectivity index (χ4v) is 3.00. The van der Waals surface area contributed by atoms with Crippen LogP contribution in [0.5, 0.6) is 0 Å². The average molecular weight is 313 g/mol. The number of nitrogen functional groups attached to an aromatic ring is 1. The first kappa shape index (κ1) is 15.6. The summed E-state index contributed by atoms with van der Waals surface area (Å²) in [5.74, 6) is 5.47. The molecule has 1 saturated heterocycles. The molecular formula is C11H19N7O2S. The molecule has 0 saturated carbocycles. The highest BCUT2D eigenvalue weighted by Gasteiger charge is 2.27. The number of carbonyl (C=O) groups is 2. The van der Waals surface area contributed by atoms with Crippen LogP contribution in [0.1, 0.15) is 12.8 Å². The van der Waals surface area contributed by atoms with E-state index in [0.29, 0.717) is 37.0 Å². The standard InChI is InChI=1S/C11H19N7O2S/c1-17-10(12)15-16-11(17)21-6-8(19)18-4-2-7(3-5-18)9(20)14-13/h7H,2-6,13H2,1H3,(H2,12,15)(H,14,20). The topological polar surface area (TPSA) is 132 Å². The Kier molecular flexibility index (Phi) is 5.02. The van der Waals surface area contributed by atoms with Crippen molar-refractivity contribution in [2.45, 2.75) is 18.0 Å². The van der Waals surface area contributed by atoms with Crippen LogP contribution in [-0.4, -0.2) is 50.3 Å². The largest absolute Gasteiger partial charge is 0.368 e. The lowest BCUT2D eigenvalue weighted by atomic mass is 9.96. The monoisotopic (exact) mass is 313 g/mol. The Balaban J connectivity index is 1.80. The van der Waals surface area contributed by atoms with E-state index < -0.39 is 0 Å². The molecule has 0 aromatic carbocycles. The highest BCUT2D eigenvalue weighted by atomic mass is 32.2. The maximum absolute atomic E-state index is 12.1. The van der Waals surface area contributed by atoms with E-state index in [1.54, 1.807) is 16.5 Å². The van der Waals surface area contributed by atoms with Gasteiger partial charge in [0.15, 0.2) is 5.16 Å². The van der Waals surface area contributed by atoms with Crippen LogP contribution in [0.4, 0.5) is 5.95 Å². The predicted molar refractivity (Wildman–Crippen MR) is 77.8 cm³/mol. The van der Waals surface area contributed by atoms with Gasteiger partial charge in [0.1, 0.15) is 0 Å². The minimum Gasteiger partial charge on any atom is -0.368 e. The summed E-state index contributed by atoms with van der Waals surface area (Å²) in [4.78, 5) is 25.3. The van der Waals surface area contributed by atoms with Gasteiger partial charge in [0.05, 0.1) is 5.75 Å². The molecule has 1 aromatic heterocycles. The number of nitrogens with one attached hydrogen (secondary N) is 1. The van der Waals surface area contributed by atoms with Gasteiger partial charge in [-0.3, -0.25) is 19.6 Å². The van der Waals surface area contributed by atoms with Gasteiger partial charge in [-0.05, 0) is 12.8 Å². The number of thioether (sulfide) groups is 1. The quantitative estimate of drug-likeness (QED) is 0.273. The lowest BCUT2D eigenvalue weighted by Gasteiger charge is -2.30. The number of nitrogens with zero attached hydrogens (tertiary/aromatic N) is 4. The molecule has 5 N–H and O–H groups in total. The van der Waals surface area contributed by atoms with Crippen LogP contribution >= 0.6 is 11.8 Å². The molecule has 9 nitrogen and oxygen atoms in total. The summed E-state index contributed by atoms with van der Waals surface area (Å²) in [5, 5.41) is 8.24. The molecule has 10 heteroatoms. The molecule has 0 atom stereocenters. The molecule has 0 unspecified atom stereocenters. The first-order valence-corrected chi connectivity index (χ1v) is 7.57. The Morgan fingerprint density at radius 1 is 1.38 bits per heavy atom. The summed E-state index contributed by atoms with van der Waals surface area (Å²) < 4.78 is 1.63. The molecular weight excluding hydrogens is 294 g/mol. The third-order valence-corrected chi connectivity index (χ3v) is 4.56. The molecule has 0 radical (unpaired) electrons. The number of nitrogens with two attached hydrogens (primary N) is 2. The van der Waals surface area contributed by atoms with Gasteiger partial charge in [-0.15, -0.1) is 10.2 Å². The van der Waals surface area contributed by atoms with Crippen molar-refractivity contribution in [3.63, 3.8) is 0 Å². The maximum Gasteiger partial charge on any atom is 0.237 e. The molecule has 2 heterocycles. The number of piperidine rings is 1. The van der Waals surface area contributed by atoms with Gasteiger partial charge < -0.3 is 10.6 Å². The third kappa shape index (κ3) is 3.64. The predicted octanol–water partition coefficient (Wildman–Crippen LogP) is -1.28. The van der Waals surface area contributed by atoms with Crippen molar-refractivity contribution in [2.24, 2.45) is 18.8 Å². The molecule has 116 valence electrons. The average Bonchev–Trinajstić information content (AvgIpc) is 2.83. The first-order valence-electron chi connectivity index (χ1n) is 6.58. The van der Waals surface area contributed by atoms with Crippen LogP contribution in [0.25, 0.3) is 0 Å². The molecule has 2 amide bonds. The van der Waals surface area contributed by atoms with E-state index in [-0.39, 0.29) is 23.5 Å². The van der Waals surface area contributed by atoms with Crippen molar-refractivity contribution in [1.29, 1.82) is 0 Å². The Bertz CT molecular complexity index is 525. The highest BCUT2D eigenvalue weighted by Crippen LogP contribution is 2.20. The smallest absolute Gasteiger partial charge is 0.237 e. The number of anilines is 1. The van der Waals surface area contributed by atoms with Crippen LogP contribution in [0.3, 0.4) is 0 Å². The minimum atomic E-state index is -0.161. The van der Waals surface area contributed by atoms with Gasteiger partial charge in [0.25, 0.3) is 0 Å². The Morgan fingerprint density at radius 2 is 2.05 bits per heavy atom. The van der Waals surface area contributed by atoms with Crippen LogP contribution in [0.15, 0.2) is 5.16 Å². The zero-order valence-corrected chi connectivity index (χ0v) is 12.6. The number of hydrogen-bond acceptors (Lipinski definition) is 7. The van der Waals surface area contributed by atoms with E-state index in [1.807, 2.05) is 0 Å². The maximum atomic E-state index is 12.1. The van der Waals surface area contributed by atoms with Crippen LogP contribution < -0.4 is 17.0 Å². The summed E-state index contributed by atoms with van der Waals surface area (Å²) >= 11 is 1.30. The summed E-state index contributed by atoms with van der Waals surface area (Å²) in [6, 6.07) is 0. The zero-order chi connectivity index (χ0) is 15.4. The number of carbonyl (C=O) groups excluding carboxylic acids is 2. The summed E-state index contributed by atoms with van der Waals surface area (Å²) in [6.45, 7) is 1.14. The number of aromatic nitrogens is 3. The summed E-state index contributed by atoms with van der Waals surface area (Å²) in [7, 11) is 1.75. The van der Waals surface area contributed by atoms with E-state index in [1.165, 1.54) is 11.8 Å². The summed E-state index contributed by atoms with van der Waals surface area (Å²) in [6.07, 6.45) is 1.27. The number of likely N-dealkylation sites (tertiary alicyclic amines) is 1. The van der Waals surface area contributed by atoms with Crippen LogP contribution in [0.2, 0.25) is 0 Å². The molecule has 21 heavy (non-hydrogen) atoms. The van der Waals surface area contributed by atoms with Crippen molar-refractivity contribution in [3.05, 3.63) is 0 Å².